The molecular formula is C12H15BrFNO3. The van der Waals surface area contributed by atoms with Crippen LogP contribution in [0.3, 0.4) is 0 Å². The summed E-state index contributed by atoms with van der Waals surface area (Å²) in [6.45, 7) is 5.30. The number of halogens is 2. The average Bonchev–Trinajstić information content (AvgIpc) is 2.22. The Morgan fingerprint density at radius 3 is 2.67 bits per heavy atom. The predicted octanol–water partition coefficient (Wildman–Crippen LogP) is 3.32. The molecule has 18 heavy (non-hydrogen) atoms. The van der Waals surface area contributed by atoms with Crippen molar-refractivity contribution in [2.75, 3.05) is 0 Å². The molecule has 0 aliphatic heterocycles. The van der Waals surface area contributed by atoms with Gasteiger partial charge < -0.3 is 15.2 Å². The Labute approximate surface area is 113 Å². The van der Waals surface area contributed by atoms with E-state index in [4.69, 9.17) is 4.74 Å². The van der Waals surface area contributed by atoms with E-state index in [2.05, 4.69) is 21.2 Å². The average molecular weight is 320 g/mol. The molecule has 100 valence electrons. The van der Waals surface area contributed by atoms with Gasteiger partial charge in [0.05, 0.1) is 4.47 Å². The lowest BCUT2D eigenvalue weighted by molar-refractivity contribution is 0.0523. The number of alkyl carbamates (subject to hydrolysis) is 1. The monoisotopic (exact) mass is 319 g/mol. The van der Waals surface area contributed by atoms with Crippen molar-refractivity contribution in [3.05, 3.63) is 28.0 Å². The second kappa shape index (κ2) is 5.56. The first-order valence-electron chi connectivity index (χ1n) is 5.33. The Bertz CT molecular complexity index is 457. The van der Waals surface area contributed by atoms with Crippen molar-refractivity contribution >= 4 is 22.0 Å². The molecule has 0 saturated carbocycles. The minimum Gasteiger partial charge on any atom is -0.506 e. The Morgan fingerprint density at radius 2 is 2.11 bits per heavy atom. The van der Waals surface area contributed by atoms with E-state index in [1.807, 2.05) is 0 Å². The standard InChI is InChI=1S/C12H15BrFNO3/c1-12(2,3)18-11(17)15-6-7-4-5-8(14)9(13)10(7)16/h4-5,16H,6H2,1-3H3,(H,15,17). The van der Waals surface area contributed by atoms with Crippen molar-refractivity contribution in [3.63, 3.8) is 0 Å². The number of carbonyl (C=O) groups excluding carboxylic acids is 1. The van der Waals surface area contributed by atoms with Crippen molar-refractivity contribution in [3.8, 4) is 5.75 Å². The van der Waals surface area contributed by atoms with Crippen LogP contribution >= 0.6 is 15.9 Å². The summed E-state index contributed by atoms with van der Waals surface area (Å²) >= 11 is 2.92. The van der Waals surface area contributed by atoms with Crippen LogP contribution in [0.5, 0.6) is 5.75 Å². The van der Waals surface area contributed by atoms with Crippen LogP contribution in [-0.2, 0) is 11.3 Å². The molecule has 1 aromatic carbocycles. The van der Waals surface area contributed by atoms with E-state index >= 15 is 0 Å². The van der Waals surface area contributed by atoms with Crippen molar-refractivity contribution < 1.29 is 19.0 Å². The lowest BCUT2D eigenvalue weighted by Crippen LogP contribution is -2.32. The molecule has 6 heteroatoms. The minimum absolute atomic E-state index is 0.0222. The minimum atomic E-state index is -0.595. The molecule has 0 aliphatic rings. The fourth-order valence-electron chi connectivity index (χ4n) is 1.20. The van der Waals surface area contributed by atoms with Gasteiger partial charge in [-0.1, -0.05) is 6.07 Å². The summed E-state index contributed by atoms with van der Waals surface area (Å²) in [5.41, 5.74) is -0.190. The molecule has 0 atom stereocenters. The Balaban J connectivity index is 2.65. The van der Waals surface area contributed by atoms with E-state index in [9.17, 15) is 14.3 Å². The van der Waals surface area contributed by atoms with Crippen LogP contribution in [0, 0.1) is 5.82 Å². The zero-order chi connectivity index (χ0) is 13.9. The Morgan fingerprint density at radius 1 is 1.50 bits per heavy atom. The fraction of sp³-hybridized carbons (Fsp3) is 0.417. The summed E-state index contributed by atoms with van der Waals surface area (Å²) in [5, 5.41) is 12.1. The van der Waals surface area contributed by atoms with Crippen LogP contribution < -0.4 is 5.32 Å². The van der Waals surface area contributed by atoms with Crippen LogP contribution in [-0.4, -0.2) is 16.8 Å². The highest BCUT2D eigenvalue weighted by atomic mass is 79.9. The molecular weight excluding hydrogens is 305 g/mol. The maximum absolute atomic E-state index is 13.1. The van der Waals surface area contributed by atoms with E-state index in [0.717, 1.165) is 0 Å². The van der Waals surface area contributed by atoms with Crippen molar-refractivity contribution in [2.45, 2.75) is 32.9 Å². The highest BCUT2D eigenvalue weighted by Gasteiger charge is 2.17. The number of nitrogens with one attached hydrogen (secondary N) is 1. The van der Waals surface area contributed by atoms with Crippen LogP contribution in [0.2, 0.25) is 0 Å². The quantitative estimate of drug-likeness (QED) is 0.879. The Kier molecular flexibility index (Phi) is 4.56. The van der Waals surface area contributed by atoms with Gasteiger partial charge in [0.25, 0.3) is 0 Å². The summed E-state index contributed by atoms with van der Waals surface area (Å²) in [7, 11) is 0. The first kappa shape index (κ1) is 14.8. The number of benzene rings is 1. The summed E-state index contributed by atoms with van der Waals surface area (Å²) in [6, 6.07) is 2.60. The highest BCUT2D eigenvalue weighted by Crippen LogP contribution is 2.30. The van der Waals surface area contributed by atoms with Gasteiger partial charge >= 0.3 is 6.09 Å². The molecule has 0 spiro atoms. The number of rotatable bonds is 2. The molecule has 1 rings (SSSR count). The maximum Gasteiger partial charge on any atom is 0.407 e. The normalized spacial score (nSPS) is 11.2. The van der Waals surface area contributed by atoms with Gasteiger partial charge in [-0.2, -0.15) is 0 Å². The number of phenols is 1. The Hall–Kier alpha value is -1.30. The first-order valence-corrected chi connectivity index (χ1v) is 6.12. The van der Waals surface area contributed by atoms with Crippen LogP contribution in [0.1, 0.15) is 26.3 Å². The molecule has 0 bridgehead atoms. The number of aromatic hydroxyl groups is 1. The molecule has 1 aromatic rings. The van der Waals surface area contributed by atoms with Gasteiger partial charge in [0, 0.05) is 12.1 Å². The first-order chi connectivity index (χ1) is 8.20. The van der Waals surface area contributed by atoms with E-state index < -0.39 is 17.5 Å². The summed E-state index contributed by atoms with van der Waals surface area (Å²) in [5.74, 6) is -0.792. The molecule has 1 amide bonds. The SMILES string of the molecule is CC(C)(C)OC(=O)NCc1ccc(F)c(Br)c1O. The molecule has 0 aliphatic carbocycles. The molecule has 0 fully saturated rings. The van der Waals surface area contributed by atoms with E-state index in [1.54, 1.807) is 20.8 Å². The van der Waals surface area contributed by atoms with E-state index in [-0.39, 0.29) is 16.8 Å². The van der Waals surface area contributed by atoms with E-state index in [1.165, 1.54) is 12.1 Å². The molecule has 0 radical (unpaired) electrons. The number of phenolic OH excluding ortho intramolecular Hbond substituents is 1. The number of hydrogen-bond acceptors (Lipinski definition) is 3. The third-order valence-electron chi connectivity index (χ3n) is 1.97. The lowest BCUT2D eigenvalue weighted by atomic mass is 10.2. The summed E-state index contributed by atoms with van der Waals surface area (Å²) in [6.07, 6.45) is -0.595. The van der Waals surface area contributed by atoms with Gasteiger partial charge in [-0.25, -0.2) is 9.18 Å². The van der Waals surface area contributed by atoms with Crippen LogP contribution in [0.4, 0.5) is 9.18 Å². The van der Waals surface area contributed by atoms with Crippen molar-refractivity contribution in [2.24, 2.45) is 0 Å². The zero-order valence-corrected chi connectivity index (χ0v) is 12.0. The predicted molar refractivity (Wildman–Crippen MR) is 68.8 cm³/mol. The summed E-state index contributed by atoms with van der Waals surface area (Å²) in [4.78, 5) is 11.4. The molecule has 0 heterocycles. The van der Waals surface area contributed by atoms with Crippen LogP contribution in [0.15, 0.2) is 16.6 Å². The van der Waals surface area contributed by atoms with Gasteiger partial charge in [0.15, 0.2) is 0 Å². The summed E-state index contributed by atoms with van der Waals surface area (Å²) < 4.78 is 18.1. The highest BCUT2D eigenvalue weighted by molar-refractivity contribution is 9.10. The number of carbonyl (C=O) groups is 1. The van der Waals surface area contributed by atoms with Gasteiger partial charge in [0.1, 0.15) is 17.2 Å². The molecule has 0 unspecified atom stereocenters. The van der Waals surface area contributed by atoms with E-state index in [0.29, 0.717) is 5.56 Å². The number of hydrogen-bond donors (Lipinski definition) is 2. The fourth-order valence-corrected chi connectivity index (χ4v) is 1.59. The second-order valence-corrected chi connectivity index (χ2v) is 5.52. The topological polar surface area (TPSA) is 58.6 Å². The van der Waals surface area contributed by atoms with Crippen molar-refractivity contribution in [1.29, 1.82) is 0 Å². The lowest BCUT2D eigenvalue weighted by Gasteiger charge is -2.19. The van der Waals surface area contributed by atoms with Crippen molar-refractivity contribution in [1.82, 2.24) is 5.32 Å². The van der Waals surface area contributed by atoms with Gasteiger partial charge in [0.2, 0.25) is 0 Å². The van der Waals surface area contributed by atoms with Crippen LogP contribution in [0.25, 0.3) is 0 Å². The maximum atomic E-state index is 13.1. The molecule has 4 nitrogen and oxygen atoms in total. The largest absolute Gasteiger partial charge is 0.506 e. The van der Waals surface area contributed by atoms with Gasteiger partial charge in [-0.15, -0.1) is 0 Å². The number of amides is 1. The third kappa shape index (κ3) is 4.18. The van der Waals surface area contributed by atoms with Gasteiger partial charge in [-0.3, -0.25) is 0 Å². The number of ether oxygens (including phenoxy) is 1. The van der Waals surface area contributed by atoms with Gasteiger partial charge in [-0.05, 0) is 42.8 Å². The second-order valence-electron chi connectivity index (χ2n) is 4.72. The molecule has 2 N–H and O–H groups in total. The molecule has 0 aromatic heterocycles. The molecule has 0 saturated heterocycles. The smallest absolute Gasteiger partial charge is 0.407 e. The zero-order valence-electron chi connectivity index (χ0n) is 10.4. The third-order valence-corrected chi connectivity index (χ3v) is 2.73.